The van der Waals surface area contributed by atoms with E-state index in [0.29, 0.717) is 6.04 Å². The van der Waals surface area contributed by atoms with Gasteiger partial charge in [0.25, 0.3) is 0 Å². The molecule has 0 spiro atoms. The minimum absolute atomic E-state index is 0.436. The van der Waals surface area contributed by atoms with E-state index in [1.807, 2.05) is 28.7 Å². The van der Waals surface area contributed by atoms with Crippen molar-refractivity contribution < 1.29 is 0 Å². The van der Waals surface area contributed by atoms with Crippen molar-refractivity contribution in [1.29, 1.82) is 0 Å². The van der Waals surface area contributed by atoms with E-state index in [1.165, 1.54) is 10.5 Å². The molecule has 2 nitrogen and oxygen atoms in total. The minimum Gasteiger partial charge on any atom is -0.269 e. The third-order valence-electron chi connectivity index (χ3n) is 2.36. The highest BCUT2D eigenvalue weighted by molar-refractivity contribution is 7.98. The number of nitrogens with zero attached hydrogens (tertiary/aromatic N) is 2. The zero-order valence-electron chi connectivity index (χ0n) is 9.63. The molecule has 0 aliphatic heterocycles. The lowest BCUT2D eigenvalue weighted by molar-refractivity contribution is 0.531. The number of hydrogen-bond donors (Lipinski definition) is 0. The summed E-state index contributed by atoms with van der Waals surface area (Å²) in [6.45, 7) is 4.28. The normalized spacial score (nSPS) is 10.9. The summed E-state index contributed by atoms with van der Waals surface area (Å²) in [5, 5.41) is 4.32. The van der Waals surface area contributed by atoms with Gasteiger partial charge >= 0.3 is 0 Å². The molecule has 0 atom stereocenters. The second-order valence-electron chi connectivity index (χ2n) is 4.02. The van der Waals surface area contributed by atoms with Gasteiger partial charge in [-0.2, -0.15) is 5.10 Å². The molecular weight excluding hydrogens is 216 g/mol. The van der Waals surface area contributed by atoms with E-state index in [2.05, 4.69) is 49.4 Å². The van der Waals surface area contributed by atoms with Gasteiger partial charge in [0.2, 0.25) is 0 Å². The van der Waals surface area contributed by atoms with Crippen molar-refractivity contribution >= 4 is 11.8 Å². The molecule has 0 amide bonds. The number of thioether (sulfide) groups is 1. The van der Waals surface area contributed by atoms with Gasteiger partial charge in [-0.25, -0.2) is 0 Å². The third kappa shape index (κ3) is 2.89. The Hall–Kier alpha value is -1.22. The second-order valence-corrected chi connectivity index (χ2v) is 5.07. The van der Waals surface area contributed by atoms with Crippen LogP contribution in [0, 0.1) is 0 Å². The van der Waals surface area contributed by atoms with Crippen LogP contribution in [0.2, 0.25) is 0 Å². The summed E-state index contributed by atoms with van der Waals surface area (Å²) in [5.74, 6) is 1.00. The maximum Gasteiger partial charge on any atom is 0.0626 e. The fourth-order valence-electron chi connectivity index (χ4n) is 1.42. The first-order valence-corrected chi connectivity index (χ1v) is 6.45. The molecule has 0 saturated carbocycles. The molecule has 3 heteroatoms. The predicted molar refractivity (Wildman–Crippen MR) is 68.6 cm³/mol. The third-order valence-corrected chi connectivity index (χ3v) is 3.38. The summed E-state index contributed by atoms with van der Waals surface area (Å²) in [7, 11) is 0. The van der Waals surface area contributed by atoms with Crippen molar-refractivity contribution in [3.8, 4) is 0 Å². The topological polar surface area (TPSA) is 17.8 Å². The number of rotatable bonds is 4. The zero-order valence-corrected chi connectivity index (χ0v) is 10.4. The van der Waals surface area contributed by atoms with Gasteiger partial charge in [0.05, 0.1) is 6.20 Å². The van der Waals surface area contributed by atoms with Crippen LogP contribution in [-0.2, 0) is 5.75 Å². The Balaban J connectivity index is 1.95. The van der Waals surface area contributed by atoms with Crippen molar-refractivity contribution in [3.63, 3.8) is 0 Å². The standard InChI is InChI=1S/C13H16N2S/c1-11(2)15-9-13(8-14-15)16-10-12-6-4-3-5-7-12/h3-9,11H,10H2,1-2H3. The first-order valence-electron chi connectivity index (χ1n) is 5.46. The van der Waals surface area contributed by atoms with E-state index in [-0.39, 0.29) is 0 Å². The molecule has 0 bridgehead atoms. The molecule has 0 radical (unpaired) electrons. The van der Waals surface area contributed by atoms with Crippen molar-refractivity contribution in [2.75, 3.05) is 0 Å². The Morgan fingerprint density at radius 2 is 2.00 bits per heavy atom. The first kappa shape index (κ1) is 11.3. The fraction of sp³-hybridized carbons (Fsp3) is 0.308. The Bertz CT molecular complexity index is 434. The number of hydrogen-bond acceptors (Lipinski definition) is 2. The van der Waals surface area contributed by atoms with Crippen LogP contribution in [0.25, 0.3) is 0 Å². The van der Waals surface area contributed by atoms with Crippen LogP contribution in [0.5, 0.6) is 0 Å². The van der Waals surface area contributed by atoms with E-state index < -0.39 is 0 Å². The quantitative estimate of drug-likeness (QED) is 0.747. The van der Waals surface area contributed by atoms with Crippen LogP contribution in [0.15, 0.2) is 47.6 Å². The molecule has 0 aliphatic carbocycles. The minimum atomic E-state index is 0.436. The zero-order chi connectivity index (χ0) is 11.4. The molecule has 1 heterocycles. The van der Waals surface area contributed by atoms with Crippen LogP contribution in [0.3, 0.4) is 0 Å². The molecule has 0 fully saturated rings. The van der Waals surface area contributed by atoms with Gasteiger partial charge in [-0.3, -0.25) is 4.68 Å². The average molecular weight is 232 g/mol. The molecule has 0 saturated heterocycles. The summed E-state index contributed by atoms with van der Waals surface area (Å²) in [6, 6.07) is 10.9. The molecule has 0 aliphatic rings. The molecule has 84 valence electrons. The van der Waals surface area contributed by atoms with Gasteiger partial charge in [-0.15, -0.1) is 11.8 Å². The van der Waals surface area contributed by atoms with Gasteiger partial charge in [0.15, 0.2) is 0 Å². The largest absolute Gasteiger partial charge is 0.269 e. The smallest absolute Gasteiger partial charge is 0.0626 e. The predicted octanol–water partition coefficient (Wildman–Crippen LogP) is 3.76. The lowest BCUT2D eigenvalue weighted by Gasteiger charge is -2.03. The summed E-state index contributed by atoms with van der Waals surface area (Å²) < 4.78 is 1.99. The molecule has 0 N–H and O–H groups in total. The summed E-state index contributed by atoms with van der Waals surface area (Å²) in [4.78, 5) is 1.23. The van der Waals surface area contributed by atoms with Gasteiger partial charge in [0.1, 0.15) is 0 Å². The molecule has 16 heavy (non-hydrogen) atoms. The lowest BCUT2D eigenvalue weighted by Crippen LogP contribution is -1.99. The molecule has 2 rings (SSSR count). The van der Waals surface area contributed by atoms with E-state index >= 15 is 0 Å². The highest BCUT2D eigenvalue weighted by Crippen LogP contribution is 2.22. The van der Waals surface area contributed by atoms with Crippen molar-refractivity contribution in [2.24, 2.45) is 0 Å². The lowest BCUT2D eigenvalue weighted by atomic mass is 10.2. The first-order chi connectivity index (χ1) is 7.75. The Kier molecular flexibility index (Phi) is 3.67. The average Bonchev–Trinajstić information content (AvgIpc) is 2.76. The second kappa shape index (κ2) is 5.21. The van der Waals surface area contributed by atoms with Gasteiger partial charge < -0.3 is 0 Å². The van der Waals surface area contributed by atoms with Crippen molar-refractivity contribution in [1.82, 2.24) is 9.78 Å². The molecule has 2 aromatic rings. The van der Waals surface area contributed by atoms with Gasteiger partial charge in [0, 0.05) is 22.9 Å². The van der Waals surface area contributed by atoms with Crippen LogP contribution in [0.4, 0.5) is 0 Å². The van der Waals surface area contributed by atoms with Gasteiger partial charge in [-0.1, -0.05) is 30.3 Å². The molecule has 1 aromatic carbocycles. The van der Waals surface area contributed by atoms with Crippen molar-refractivity contribution in [2.45, 2.75) is 30.5 Å². The maximum absolute atomic E-state index is 4.32. The highest BCUT2D eigenvalue weighted by atomic mass is 32.2. The number of aromatic nitrogens is 2. The number of benzene rings is 1. The molecular formula is C13H16N2S. The summed E-state index contributed by atoms with van der Waals surface area (Å²) in [6.07, 6.45) is 4.05. The Morgan fingerprint density at radius 1 is 1.25 bits per heavy atom. The Labute approximate surface area is 101 Å². The SMILES string of the molecule is CC(C)n1cc(SCc2ccccc2)cn1. The van der Waals surface area contributed by atoms with Crippen LogP contribution in [0.1, 0.15) is 25.5 Å². The van der Waals surface area contributed by atoms with E-state index in [0.717, 1.165) is 5.75 Å². The van der Waals surface area contributed by atoms with Crippen LogP contribution in [-0.4, -0.2) is 9.78 Å². The maximum atomic E-state index is 4.32. The molecule has 1 aromatic heterocycles. The van der Waals surface area contributed by atoms with Crippen LogP contribution >= 0.6 is 11.8 Å². The Morgan fingerprint density at radius 3 is 2.62 bits per heavy atom. The van der Waals surface area contributed by atoms with E-state index in [1.54, 1.807) is 0 Å². The van der Waals surface area contributed by atoms with Crippen molar-refractivity contribution in [3.05, 3.63) is 48.3 Å². The van der Waals surface area contributed by atoms with E-state index in [9.17, 15) is 0 Å². The summed E-state index contributed by atoms with van der Waals surface area (Å²) >= 11 is 1.83. The highest BCUT2D eigenvalue weighted by Gasteiger charge is 2.02. The fourth-order valence-corrected chi connectivity index (χ4v) is 2.25. The summed E-state index contributed by atoms with van der Waals surface area (Å²) in [5.41, 5.74) is 1.35. The van der Waals surface area contributed by atoms with E-state index in [4.69, 9.17) is 0 Å². The van der Waals surface area contributed by atoms with Gasteiger partial charge in [-0.05, 0) is 19.4 Å². The monoisotopic (exact) mass is 232 g/mol. The molecule has 0 unspecified atom stereocenters. The van der Waals surface area contributed by atoms with Crippen LogP contribution < -0.4 is 0 Å².